The van der Waals surface area contributed by atoms with Crippen molar-refractivity contribution in [3.8, 4) is 0 Å². The number of hydrogen-bond donors (Lipinski definition) is 2. The molecule has 150 valence electrons. The Morgan fingerprint density at radius 3 is 2.56 bits per heavy atom. The first kappa shape index (κ1) is 19.6. The molecule has 4 amide bonds. The summed E-state index contributed by atoms with van der Waals surface area (Å²) in [7, 11) is 0. The molecular formula is C19H29N3O5. The second kappa shape index (κ2) is 7.86. The van der Waals surface area contributed by atoms with Gasteiger partial charge in [0.2, 0.25) is 0 Å². The predicted molar refractivity (Wildman–Crippen MR) is 96.6 cm³/mol. The highest BCUT2D eigenvalue weighted by Crippen LogP contribution is 2.34. The third-order valence-corrected chi connectivity index (χ3v) is 6.11. The Labute approximate surface area is 159 Å². The summed E-state index contributed by atoms with van der Waals surface area (Å²) in [6.45, 7) is 3.15. The molecule has 1 saturated heterocycles. The van der Waals surface area contributed by atoms with Crippen LogP contribution in [0.25, 0.3) is 0 Å². The van der Waals surface area contributed by atoms with Crippen LogP contribution in [0, 0.1) is 5.92 Å². The first-order chi connectivity index (χ1) is 12.8. The van der Waals surface area contributed by atoms with Crippen molar-refractivity contribution in [1.82, 2.24) is 15.5 Å². The molecule has 1 heterocycles. The number of imide groups is 1. The second-order valence-electron chi connectivity index (χ2n) is 8.12. The molecule has 2 aliphatic carbocycles. The van der Waals surface area contributed by atoms with Crippen molar-refractivity contribution in [3.05, 3.63) is 0 Å². The van der Waals surface area contributed by atoms with Gasteiger partial charge < -0.3 is 15.4 Å². The van der Waals surface area contributed by atoms with Crippen LogP contribution in [-0.4, -0.2) is 52.9 Å². The Kier molecular flexibility index (Phi) is 5.72. The van der Waals surface area contributed by atoms with Crippen LogP contribution in [0.15, 0.2) is 0 Å². The quantitative estimate of drug-likeness (QED) is 0.556. The number of amides is 4. The number of rotatable bonds is 5. The van der Waals surface area contributed by atoms with E-state index in [1.807, 2.05) is 0 Å². The molecule has 0 radical (unpaired) electrons. The number of hydrogen-bond acceptors (Lipinski definition) is 5. The Bertz CT molecular complexity index is 629. The summed E-state index contributed by atoms with van der Waals surface area (Å²) < 4.78 is 5.17. The topological polar surface area (TPSA) is 105 Å². The molecular weight excluding hydrogens is 350 g/mol. The number of nitrogens with zero attached hydrogens (tertiary/aromatic N) is 1. The maximum atomic E-state index is 12.5. The van der Waals surface area contributed by atoms with Gasteiger partial charge in [0.05, 0.1) is 0 Å². The van der Waals surface area contributed by atoms with Crippen molar-refractivity contribution >= 4 is 23.8 Å². The summed E-state index contributed by atoms with van der Waals surface area (Å²) in [5.41, 5.74) is -0.850. The van der Waals surface area contributed by atoms with Crippen molar-refractivity contribution in [3.63, 3.8) is 0 Å². The third-order valence-electron chi connectivity index (χ3n) is 6.11. The van der Waals surface area contributed by atoms with Crippen LogP contribution in [0.5, 0.6) is 0 Å². The summed E-state index contributed by atoms with van der Waals surface area (Å²) >= 11 is 0. The number of urea groups is 1. The second-order valence-corrected chi connectivity index (χ2v) is 8.12. The maximum absolute atomic E-state index is 12.5. The van der Waals surface area contributed by atoms with Gasteiger partial charge in [-0.15, -0.1) is 0 Å². The molecule has 1 spiro atoms. The summed E-state index contributed by atoms with van der Waals surface area (Å²) in [5, 5.41) is 5.67. The summed E-state index contributed by atoms with van der Waals surface area (Å²) in [5.74, 6) is -1.06. The molecule has 2 saturated carbocycles. The first-order valence-corrected chi connectivity index (χ1v) is 9.96. The fraction of sp³-hybridized carbons (Fsp3) is 0.789. The molecule has 3 rings (SSSR count). The number of carbonyl (C=O) groups excluding carboxylic acids is 4. The van der Waals surface area contributed by atoms with Crippen LogP contribution in [0.1, 0.15) is 65.2 Å². The van der Waals surface area contributed by atoms with Gasteiger partial charge in [-0.05, 0) is 38.5 Å². The maximum Gasteiger partial charge on any atom is 0.327 e. The zero-order valence-electron chi connectivity index (χ0n) is 16.1. The number of ether oxygens (including phenoxy) is 1. The van der Waals surface area contributed by atoms with Crippen molar-refractivity contribution in [2.45, 2.75) is 82.9 Å². The zero-order valence-corrected chi connectivity index (χ0v) is 16.1. The Morgan fingerprint density at radius 2 is 1.89 bits per heavy atom. The van der Waals surface area contributed by atoms with Crippen LogP contribution in [-0.2, 0) is 19.1 Å². The molecule has 3 aliphatic rings. The van der Waals surface area contributed by atoms with Gasteiger partial charge in [0.15, 0.2) is 6.10 Å². The molecule has 0 aromatic rings. The molecule has 2 N–H and O–H groups in total. The van der Waals surface area contributed by atoms with Crippen molar-refractivity contribution in [2.75, 3.05) is 6.54 Å². The zero-order chi connectivity index (χ0) is 19.6. The fourth-order valence-corrected chi connectivity index (χ4v) is 4.39. The van der Waals surface area contributed by atoms with Gasteiger partial charge >= 0.3 is 12.0 Å². The highest BCUT2D eigenvalue weighted by atomic mass is 16.5. The number of esters is 1. The molecule has 0 bridgehead atoms. The van der Waals surface area contributed by atoms with Gasteiger partial charge in [0.25, 0.3) is 11.8 Å². The van der Waals surface area contributed by atoms with Crippen LogP contribution >= 0.6 is 0 Å². The molecule has 0 aromatic heterocycles. The highest BCUT2D eigenvalue weighted by Gasteiger charge is 2.52. The molecule has 0 aromatic carbocycles. The lowest BCUT2D eigenvalue weighted by atomic mass is 9.86. The van der Waals surface area contributed by atoms with E-state index in [0.29, 0.717) is 18.8 Å². The first-order valence-electron chi connectivity index (χ1n) is 9.96. The summed E-state index contributed by atoms with van der Waals surface area (Å²) in [4.78, 5) is 50.1. The normalized spacial score (nSPS) is 28.1. The standard InChI is InChI=1S/C19H29N3O5/c1-12-7-3-4-8-14(12)20-16(24)13(2)27-15(23)11-22-17(25)19(21-18(22)26)9-5-6-10-19/h12-14H,3-11H2,1-2H3,(H,20,24)(H,21,26)/t12-,13+,14-/m0/s1. The number of nitrogens with one attached hydrogen (secondary N) is 2. The van der Waals surface area contributed by atoms with Crippen LogP contribution in [0.4, 0.5) is 4.79 Å². The number of carbonyl (C=O) groups is 4. The molecule has 27 heavy (non-hydrogen) atoms. The highest BCUT2D eigenvalue weighted by molar-refractivity contribution is 6.08. The van der Waals surface area contributed by atoms with Crippen LogP contribution < -0.4 is 10.6 Å². The minimum atomic E-state index is -0.965. The minimum Gasteiger partial charge on any atom is -0.451 e. The Balaban J connectivity index is 1.50. The van der Waals surface area contributed by atoms with E-state index in [9.17, 15) is 19.2 Å². The van der Waals surface area contributed by atoms with Crippen LogP contribution in [0.2, 0.25) is 0 Å². The average molecular weight is 379 g/mol. The lowest BCUT2D eigenvalue weighted by Crippen LogP contribution is -2.47. The summed E-state index contributed by atoms with van der Waals surface area (Å²) in [6, 6.07) is -0.465. The fourth-order valence-electron chi connectivity index (χ4n) is 4.39. The monoisotopic (exact) mass is 379 g/mol. The molecule has 3 atom stereocenters. The lowest BCUT2D eigenvalue weighted by Gasteiger charge is -2.30. The minimum absolute atomic E-state index is 0.0977. The van der Waals surface area contributed by atoms with Gasteiger partial charge in [-0.3, -0.25) is 19.3 Å². The largest absolute Gasteiger partial charge is 0.451 e. The van der Waals surface area contributed by atoms with E-state index in [2.05, 4.69) is 17.6 Å². The summed E-state index contributed by atoms with van der Waals surface area (Å²) in [6.07, 6.45) is 6.24. The smallest absolute Gasteiger partial charge is 0.327 e. The molecule has 3 fully saturated rings. The SMILES string of the molecule is C[C@@H](OC(=O)CN1C(=O)NC2(CCCC2)C1=O)C(=O)N[C@H]1CCCC[C@@H]1C. The Hall–Kier alpha value is -2.12. The molecule has 8 heteroatoms. The molecule has 8 nitrogen and oxygen atoms in total. The van der Waals surface area contributed by atoms with Gasteiger partial charge in [-0.2, -0.15) is 0 Å². The van der Waals surface area contributed by atoms with E-state index in [0.717, 1.165) is 37.0 Å². The molecule has 0 unspecified atom stereocenters. The van der Waals surface area contributed by atoms with Crippen molar-refractivity contribution < 1.29 is 23.9 Å². The predicted octanol–water partition coefficient (Wildman–Crippen LogP) is 1.48. The van der Waals surface area contributed by atoms with E-state index in [4.69, 9.17) is 4.74 Å². The van der Waals surface area contributed by atoms with Gasteiger partial charge in [0, 0.05) is 6.04 Å². The van der Waals surface area contributed by atoms with Crippen molar-refractivity contribution in [2.24, 2.45) is 5.92 Å². The van der Waals surface area contributed by atoms with Gasteiger partial charge in [-0.1, -0.05) is 32.6 Å². The van der Waals surface area contributed by atoms with E-state index in [-0.39, 0.29) is 17.9 Å². The van der Waals surface area contributed by atoms with Gasteiger partial charge in [0.1, 0.15) is 12.1 Å². The van der Waals surface area contributed by atoms with Gasteiger partial charge in [-0.25, -0.2) is 4.79 Å². The lowest BCUT2D eigenvalue weighted by molar-refractivity contribution is -0.157. The molecule has 1 aliphatic heterocycles. The Morgan fingerprint density at radius 1 is 1.22 bits per heavy atom. The van der Waals surface area contributed by atoms with E-state index in [1.165, 1.54) is 13.3 Å². The van der Waals surface area contributed by atoms with E-state index >= 15 is 0 Å². The average Bonchev–Trinajstić information content (AvgIpc) is 3.18. The van der Waals surface area contributed by atoms with Crippen LogP contribution in [0.3, 0.4) is 0 Å². The third kappa shape index (κ3) is 4.09. The van der Waals surface area contributed by atoms with E-state index in [1.54, 1.807) is 0 Å². The van der Waals surface area contributed by atoms with Crippen molar-refractivity contribution in [1.29, 1.82) is 0 Å². The van der Waals surface area contributed by atoms with E-state index < -0.39 is 30.2 Å².